The van der Waals surface area contributed by atoms with E-state index in [1.165, 1.54) is 46.1 Å². The highest BCUT2D eigenvalue weighted by Gasteiger charge is 2.11. The molecule has 1 aromatic heterocycles. The molecule has 0 atom stereocenters. The Morgan fingerprint density at radius 2 is 1.71 bits per heavy atom. The zero-order chi connectivity index (χ0) is 14.7. The lowest BCUT2D eigenvalue weighted by molar-refractivity contribution is 0.776. The fourth-order valence-corrected chi connectivity index (χ4v) is 2.93. The van der Waals surface area contributed by atoms with Crippen LogP contribution in [0.1, 0.15) is 42.1 Å². The van der Waals surface area contributed by atoms with E-state index in [0.717, 1.165) is 12.8 Å². The van der Waals surface area contributed by atoms with Crippen molar-refractivity contribution in [3.05, 3.63) is 70.9 Å². The molecule has 0 unspecified atom stereocenters. The maximum atomic E-state index is 3.63. The average Bonchev–Trinajstić information content (AvgIpc) is 2.85. The standard InChI is InChI=1S/C20H23N/c1-3-4-8-20-18(14-16-12-10-15(2)11-13-16)17-7-5-6-9-19(17)21-20/h5-7,9-13,21H,3-4,8,14H2,1-2H3. The van der Waals surface area contributed by atoms with Gasteiger partial charge in [0.2, 0.25) is 0 Å². The van der Waals surface area contributed by atoms with Crippen LogP contribution in [-0.4, -0.2) is 4.98 Å². The van der Waals surface area contributed by atoms with Crippen LogP contribution in [0.25, 0.3) is 10.9 Å². The van der Waals surface area contributed by atoms with Crippen LogP contribution < -0.4 is 0 Å². The Bertz CT molecular complexity index is 719. The van der Waals surface area contributed by atoms with E-state index in [9.17, 15) is 0 Å². The molecule has 0 radical (unpaired) electrons. The second-order valence-electron chi connectivity index (χ2n) is 5.89. The van der Waals surface area contributed by atoms with Crippen molar-refractivity contribution < 1.29 is 0 Å². The average molecular weight is 277 g/mol. The Labute approximate surface area is 127 Å². The topological polar surface area (TPSA) is 15.8 Å². The first-order chi connectivity index (χ1) is 10.3. The van der Waals surface area contributed by atoms with Gasteiger partial charge in [-0.15, -0.1) is 0 Å². The van der Waals surface area contributed by atoms with Crippen molar-refractivity contribution in [2.45, 2.75) is 39.5 Å². The molecule has 108 valence electrons. The third-order valence-electron chi connectivity index (χ3n) is 4.18. The fraction of sp³-hybridized carbons (Fsp3) is 0.300. The third kappa shape index (κ3) is 3.02. The first kappa shape index (κ1) is 13.9. The van der Waals surface area contributed by atoms with Crippen LogP contribution in [0, 0.1) is 6.92 Å². The summed E-state index contributed by atoms with van der Waals surface area (Å²) in [6.45, 7) is 4.39. The van der Waals surface area contributed by atoms with Gasteiger partial charge in [-0.25, -0.2) is 0 Å². The molecule has 0 aliphatic rings. The molecule has 0 bridgehead atoms. The van der Waals surface area contributed by atoms with Gasteiger partial charge >= 0.3 is 0 Å². The Hall–Kier alpha value is -2.02. The minimum Gasteiger partial charge on any atom is -0.358 e. The number of nitrogens with one attached hydrogen (secondary N) is 1. The minimum absolute atomic E-state index is 1.02. The largest absolute Gasteiger partial charge is 0.358 e. The van der Waals surface area contributed by atoms with Gasteiger partial charge in [0, 0.05) is 16.6 Å². The molecular formula is C20H23N. The molecular weight excluding hydrogens is 254 g/mol. The van der Waals surface area contributed by atoms with E-state index >= 15 is 0 Å². The van der Waals surface area contributed by atoms with Crippen molar-refractivity contribution in [1.82, 2.24) is 4.98 Å². The quantitative estimate of drug-likeness (QED) is 0.642. The second kappa shape index (κ2) is 6.17. The number of rotatable bonds is 5. The number of hydrogen-bond donors (Lipinski definition) is 1. The molecule has 3 rings (SSSR count). The number of fused-ring (bicyclic) bond motifs is 1. The molecule has 0 saturated carbocycles. The molecule has 1 heterocycles. The zero-order valence-electron chi connectivity index (χ0n) is 12.9. The van der Waals surface area contributed by atoms with Crippen molar-refractivity contribution in [1.29, 1.82) is 0 Å². The van der Waals surface area contributed by atoms with Crippen molar-refractivity contribution in [2.75, 3.05) is 0 Å². The molecule has 0 amide bonds. The van der Waals surface area contributed by atoms with Crippen molar-refractivity contribution in [3.63, 3.8) is 0 Å². The lowest BCUT2D eigenvalue weighted by Crippen LogP contribution is -1.94. The van der Waals surface area contributed by atoms with Gasteiger partial charge in [0.15, 0.2) is 0 Å². The molecule has 1 nitrogen and oxygen atoms in total. The van der Waals surface area contributed by atoms with Gasteiger partial charge in [-0.1, -0.05) is 61.4 Å². The van der Waals surface area contributed by atoms with Crippen LogP contribution in [0.15, 0.2) is 48.5 Å². The zero-order valence-corrected chi connectivity index (χ0v) is 12.9. The van der Waals surface area contributed by atoms with Crippen LogP contribution in [0.4, 0.5) is 0 Å². The van der Waals surface area contributed by atoms with Crippen LogP contribution in [0.2, 0.25) is 0 Å². The summed E-state index contributed by atoms with van der Waals surface area (Å²) >= 11 is 0. The predicted molar refractivity (Wildman–Crippen MR) is 90.9 cm³/mol. The van der Waals surface area contributed by atoms with Crippen LogP contribution in [0.3, 0.4) is 0 Å². The van der Waals surface area contributed by atoms with Gasteiger partial charge in [0.05, 0.1) is 0 Å². The summed E-state index contributed by atoms with van der Waals surface area (Å²) in [5.74, 6) is 0. The maximum Gasteiger partial charge on any atom is 0.0459 e. The highest BCUT2D eigenvalue weighted by molar-refractivity contribution is 5.85. The number of hydrogen-bond acceptors (Lipinski definition) is 0. The number of aromatic nitrogens is 1. The molecule has 21 heavy (non-hydrogen) atoms. The molecule has 1 N–H and O–H groups in total. The van der Waals surface area contributed by atoms with Gasteiger partial charge in [0.25, 0.3) is 0 Å². The molecule has 0 fully saturated rings. The third-order valence-corrected chi connectivity index (χ3v) is 4.18. The first-order valence-corrected chi connectivity index (χ1v) is 7.92. The lowest BCUT2D eigenvalue weighted by Gasteiger charge is -2.06. The van der Waals surface area contributed by atoms with Crippen LogP contribution >= 0.6 is 0 Å². The number of aromatic amines is 1. The summed E-state index contributed by atoms with van der Waals surface area (Å²) in [5, 5.41) is 1.38. The number of para-hydroxylation sites is 1. The lowest BCUT2D eigenvalue weighted by atomic mass is 9.99. The van der Waals surface area contributed by atoms with Gasteiger partial charge < -0.3 is 4.98 Å². The molecule has 0 spiro atoms. The Kier molecular flexibility index (Phi) is 4.10. The number of aryl methyl sites for hydroxylation is 2. The number of H-pyrrole nitrogens is 1. The van der Waals surface area contributed by atoms with Gasteiger partial charge in [0.1, 0.15) is 0 Å². The Balaban J connectivity index is 1.99. The molecule has 3 aromatic rings. The summed E-state index contributed by atoms with van der Waals surface area (Å²) in [4.78, 5) is 3.63. The second-order valence-corrected chi connectivity index (χ2v) is 5.89. The summed E-state index contributed by atoms with van der Waals surface area (Å²) in [6.07, 6.45) is 4.64. The Morgan fingerprint density at radius 3 is 2.48 bits per heavy atom. The van der Waals surface area contributed by atoms with E-state index in [0.29, 0.717) is 0 Å². The molecule has 0 saturated heterocycles. The van der Waals surface area contributed by atoms with Gasteiger partial charge in [-0.2, -0.15) is 0 Å². The molecule has 0 aliphatic carbocycles. The molecule has 2 aromatic carbocycles. The van der Waals surface area contributed by atoms with Gasteiger partial charge in [-0.05, 0) is 43.4 Å². The van der Waals surface area contributed by atoms with Crippen molar-refractivity contribution in [2.24, 2.45) is 0 Å². The van der Waals surface area contributed by atoms with Crippen LogP contribution in [0.5, 0.6) is 0 Å². The minimum atomic E-state index is 1.02. The van der Waals surface area contributed by atoms with E-state index in [2.05, 4.69) is 67.4 Å². The van der Waals surface area contributed by atoms with Crippen molar-refractivity contribution in [3.8, 4) is 0 Å². The summed E-state index contributed by atoms with van der Waals surface area (Å²) in [6, 6.07) is 17.6. The smallest absolute Gasteiger partial charge is 0.0459 e. The number of unbranched alkanes of at least 4 members (excludes halogenated alkanes) is 1. The van der Waals surface area contributed by atoms with Crippen LogP contribution in [-0.2, 0) is 12.8 Å². The van der Waals surface area contributed by atoms with E-state index in [-0.39, 0.29) is 0 Å². The van der Waals surface area contributed by atoms with Crippen molar-refractivity contribution >= 4 is 10.9 Å². The summed E-state index contributed by atoms with van der Waals surface area (Å²) in [5.41, 5.74) is 6.87. The maximum absolute atomic E-state index is 3.63. The molecule has 1 heteroatoms. The number of benzene rings is 2. The van der Waals surface area contributed by atoms with E-state index in [4.69, 9.17) is 0 Å². The highest BCUT2D eigenvalue weighted by Crippen LogP contribution is 2.26. The van der Waals surface area contributed by atoms with E-state index in [1.54, 1.807) is 0 Å². The SMILES string of the molecule is CCCCc1[nH]c2ccccc2c1Cc1ccc(C)cc1. The predicted octanol–water partition coefficient (Wildman–Crippen LogP) is 5.41. The normalized spacial score (nSPS) is 11.1. The fourth-order valence-electron chi connectivity index (χ4n) is 2.93. The van der Waals surface area contributed by atoms with E-state index < -0.39 is 0 Å². The Morgan fingerprint density at radius 1 is 0.952 bits per heavy atom. The summed E-state index contributed by atoms with van der Waals surface area (Å²) in [7, 11) is 0. The monoisotopic (exact) mass is 277 g/mol. The first-order valence-electron chi connectivity index (χ1n) is 7.92. The summed E-state index contributed by atoms with van der Waals surface area (Å²) < 4.78 is 0. The molecule has 0 aliphatic heterocycles. The highest BCUT2D eigenvalue weighted by atomic mass is 14.7. The van der Waals surface area contributed by atoms with Gasteiger partial charge in [-0.3, -0.25) is 0 Å². The van der Waals surface area contributed by atoms with E-state index in [1.807, 2.05) is 0 Å².